The third kappa shape index (κ3) is 4.26. The van der Waals surface area contributed by atoms with Crippen LogP contribution in [0.3, 0.4) is 0 Å². The van der Waals surface area contributed by atoms with E-state index in [0.717, 1.165) is 22.6 Å². The van der Waals surface area contributed by atoms with Crippen LogP contribution in [0.2, 0.25) is 0 Å². The molecule has 4 rings (SSSR count). The van der Waals surface area contributed by atoms with Gasteiger partial charge in [0, 0.05) is 19.0 Å². The van der Waals surface area contributed by atoms with Gasteiger partial charge in [-0.05, 0) is 23.8 Å². The number of likely N-dealkylation sites (N-methyl/N-ethyl adjacent to an activating group) is 1. The molecule has 1 unspecified atom stereocenters. The lowest BCUT2D eigenvalue weighted by atomic mass is 10.0. The van der Waals surface area contributed by atoms with Gasteiger partial charge in [-0.2, -0.15) is 0 Å². The maximum Gasteiger partial charge on any atom is 0.248 e. The zero-order valence-electron chi connectivity index (χ0n) is 15.7. The van der Waals surface area contributed by atoms with Crippen molar-refractivity contribution >= 4 is 11.6 Å². The highest BCUT2D eigenvalue weighted by atomic mass is 16.7. The van der Waals surface area contributed by atoms with Gasteiger partial charge in [-0.1, -0.05) is 35.5 Å². The molecule has 0 bridgehead atoms. The zero-order valence-corrected chi connectivity index (χ0v) is 15.7. The Morgan fingerprint density at radius 3 is 2.86 bits per heavy atom. The van der Waals surface area contributed by atoms with Gasteiger partial charge in [0.05, 0.1) is 18.9 Å². The highest BCUT2D eigenvalue weighted by molar-refractivity contribution is 6.01. The summed E-state index contributed by atoms with van der Waals surface area (Å²) in [6, 6.07) is 15.5. The third-order valence-corrected chi connectivity index (χ3v) is 4.68. The fourth-order valence-electron chi connectivity index (χ4n) is 3.12. The molecule has 0 aromatic heterocycles. The summed E-state index contributed by atoms with van der Waals surface area (Å²) in [5, 5.41) is 4.18. The summed E-state index contributed by atoms with van der Waals surface area (Å²) in [4.78, 5) is 19.4. The normalized spacial score (nSPS) is 17.2. The molecule has 2 aromatic carbocycles. The van der Waals surface area contributed by atoms with Gasteiger partial charge in [0.15, 0.2) is 17.6 Å². The van der Waals surface area contributed by atoms with Crippen LogP contribution in [-0.4, -0.2) is 49.6 Å². The molecule has 1 atom stereocenters. The van der Waals surface area contributed by atoms with E-state index in [-0.39, 0.29) is 25.4 Å². The van der Waals surface area contributed by atoms with Crippen LogP contribution in [-0.2, 0) is 21.0 Å². The molecule has 7 nitrogen and oxygen atoms in total. The lowest BCUT2D eigenvalue weighted by Crippen LogP contribution is -2.36. The quantitative estimate of drug-likeness (QED) is 0.736. The summed E-state index contributed by atoms with van der Waals surface area (Å²) < 4.78 is 16.2. The lowest BCUT2D eigenvalue weighted by Gasteiger charge is -2.20. The summed E-state index contributed by atoms with van der Waals surface area (Å²) in [6.45, 7) is 1.14. The molecule has 28 heavy (non-hydrogen) atoms. The van der Waals surface area contributed by atoms with Crippen LogP contribution in [0.5, 0.6) is 11.5 Å². The van der Waals surface area contributed by atoms with E-state index in [2.05, 4.69) is 5.16 Å². The van der Waals surface area contributed by atoms with Gasteiger partial charge in [0.2, 0.25) is 12.7 Å². The number of hydrogen-bond acceptors (Lipinski definition) is 6. The second-order valence-corrected chi connectivity index (χ2v) is 6.79. The van der Waals surface area contributed by atoms with Crippen molar-refractivity contribution in [2.75, 3.05) is 27.0 Å². The monoisotopic (exact) mass is 382 g/mol. The number of amides is 1. The minimum Gasteiger partial charge on any atom is -0.454 e. The molecule has 0 fully saturated rings. The Kier molecular flexibility index (Phi) is 5.43. The molecule has 2 heterocycles. The Morgan fingerprint density at radius 1 is 1.18 bits per heavy atom. The largest absolute Gasteiger partial charge is 0.454 e. The number of rotatable bonds is 7. The zero-order chi connectivity index (χ0) is 19.3. The summed E-state index contributed by atoms with van der Waals surface area (Å²) in [7, 11) is 1.75. The van der Waals surface area contributed by atoms with E-state index in [9.17, 15) is 4.79 Å². The Hall–Kier alpha value is -3.06. The SMILES string of the molecule is CN(CC1CC(c2ccc3c(c2)OCO3)=NO1)C(=O)COCc1ccccc1. The predicted octanol–water partition coefficient (Wildman–Crippen LogP) is 2.58. The van der Waals surface area contributed by atoms with Crippen LogP contribution < -0.4 is 9.47 Å². The smallest absolute Gasteiger partial charge is 0.248 e. The van der Waals surface area contributed by atoms with Crippen molar-refractivity contribution in [1.82, 2.24) is 4.90 Å². The fourth-order valence-corrected chi connectivity index (χ4v) is 3.12. The van der Waals surface area contributed by atoms with E-state index in [0.29, 0.717) is 25.3 Å². The van der Waals surface area contributed by atoms with Crippen molar-refractivity contribution < 1.29 is 23.8 Å². The average Bonchev–Trinajstić information content (AvgIpc) is 3.37. The Balaban J connectivity index is 1.23. The minimum absolute atomic E-state index is 0.0357. The van der Waals surface area contributed by atoms with Crippen LogP contribution in [0.4, 0.5) is 0 Å². The van der Waals surface area contributed by atoms with Crippen molar-refractivity contribution in [3.8, 4) is 11.5 Å². The first kappa shape index (κ1) is 18.3. The average molecular weight is 382 g/mol. The topological polar surface area (TPSA) is 69.6 Å². The Bertz CT molecular complexity index is 868. The number of carbonyl (C=O) groups is 1. The first-order chi connectivity index (χ1) is 13.7. The van der Waals surface area contributed by atoms with Crippen LogP contribution in [0, 0.1) is 0 Å². The Labute approximate surface area is 163 Å². The second-order valence-electron chi connectivity index (χ2n) is 6.79. The molecule has 0 spiro atoms. The van der Waals surface area contributed by atoms with E-state index in [4.69, 9.17) is 19.0 Å². The highest BCUT2D eigenvalue weighted by Gasteiger charge is 2.26. The molecule has 2 aromatic rings. The van der Waals surface area contributed by atoms with Crippen LogP contribution in [0.15, 0.2) is 53.7 Å². The number of nitrogens with zero attached hydrogens (tertiary/aromatic N) is 2. The summed E-state index contributed by atoms with van der Waals surface area (Å²) in [6.07, 6.45) is 0.450. The van der Waals surface area contributed by atoms with Gasteiger partial charge >= 0.3 is 0 Å². The van der Waals surface area contributed by atoms with Crippen molar-refractivity contribution in [3.63, 3.8) is 0 Å². The molecule has 0 saturated carbocycles. The molecule has 0 N–H and O–H groups in total. The van der Waals surface area contributed by atoms with Crippen molar-refractivity contribution in [2.24, 2.45) is 5.16 Å². The molecule has 0 aliphatic carbocycles. The van der Waals surface area contributed by atoms with Gasteiger partial charge in [0.25, 0.3) is 0 Å². The van der Waals surface area contributed by atoms with Gasteiger partial charge in [0.1, 0.15) is 6.61 Å². The van der Waals surface area contributed by atoms with Crippen molar-refractivity contribution in [2.45, 2.75) is 19.1 Å². The highest BCUT2D eigenvalue weighted by Crippen LogP contribution is 2.33. The molecule has 0 saturated heterocycles. The van der Waals surface area contributed by atoms with Gasteiger partial charge in [-0.25, -0.2) is 0 Å². The van der Waals surface area contributed by atoms with Crippen LogP contribution in [0.25, 0.3) is 0 Å². The molecule has 1 amide bonds. The third-order valence-electron chi connectivity index (χ3n) is 4.68. The summed E-state index contributed by atoms with van der Waals surface area (Å²) >= 11 is 0. The van der Waals surface area contributed by atoms with E-state index < -0.39 is 0 Å². The standard InChI is InChI=1S/C21H22N2O5/c1-23(21(24)13-25-12-15-5-3-2-4-6-15)11-17-10-18(22-28-17)16-7-8-19-20(9-16)27-14-26-19/h2-9,17H,10-14H2,1H3. The summed E-state index contributed by atoms with van der Waals surface area (Å²) in [5.74, 6) is 1.36. The fraction of sp³-hybridized carbons (Fsp3) is 0.333. The molecular formula is C21H22N2O5. The number of oxime groups is 1. The van der Waals surface area contributed by atoms with E-state index in [1.165, 1.54) is 0 Å². The number of ether oxygens (including phenoxy) is 3. The number of benzene rings is 2. The number of carbonyl (C=O) groups excluding carboxylic acids is 1. The maximum atomic E-state index is 12.3. The molecule has 0 radical (unpaired) electrons. The minimum atomic E-state index is -0.177. The van der Waals surface area contributed by atoms with Gasteiger partial charge in [-0.15, -0.1) is 0 Å². The summed E-state index contributed by atoms with van der Waals surface area (Å²) in [5.41, 5.74) is 2.82. The van der Waals surface area contributed by atoms with Crippen molar-refractivity contribution in [3.05, 3.63) is 59.7 Å². The maximum absolute atomic E-state index is 12.3. The van der Waals surface area contributed by atoms with E-state index in [1.807, 2.05) is 48.5 Å². The second kappa shape index (κ2) is 8.31. The Morgan fingerprint density at radius 2 is 2.00 bits per heavy atom. The first-order valence-corrected chi connectivity index (χ1v) is 9.17. The van der Waals surface area contributed by atoms with E-state index in [1.54, 1.807) is 11.9 Å². The van der Waals surface area contributed by atoms with Gasteiger partial charge < -0.3 is 23.9 Å². The first-order valence-electron chi connectivity index (χ1n) is 9.17. The van der Waals surface area contributed by atoms with Gasteiger partial charge in [-0.3, -0.25) is 4.79 Å². The molecular weight excluding hydrogens is 360 g/mol. The number of hydrogen-bond donors (Lipinski definition) is 0. The molecule has 2 aliphatic heterocycles. The van der Waals surface area contributed by atoms with Crippen molar-refractivity contribution in [1.29, 1.82) is 0 Å². The molecule has 2 aliphatic rings. The predicted molar refractivity (Wildman–Crippen MR) is 102 cm³/mol. The molecule has 7 heteroatoms. The van der Waals surface area contributed by atoms with E-state index >= 15 is 0 Å². The molecule has 146 valence electrons. The van der Waals surface area contributed by atoms with Crippen LogP contribution >= 0.6 is 0 Å². The lowest BCUT2D eigenvalue weighted by molar-refractivity contribution is -0.136. The van der Waals surface area contributed by atoms with Crippen LogP contribution in [0.1, 0.15) is 17.5 Å². The number of fused-ring (bicyclic) bond motifs is 1.